The van der Waals surface area contributed by atoms with E-state index in [4.69, 9.17) is 28.2 Å². The van der Waals surface area contributed by atoms with Gasteiger partial charge in [-0.1, -0.05) is 29.5 Å². The number of aromatic amines is 1. The van der Waals surface area contributed by atoms with E-state index in [1.54, 1.807) is 18.2 Å². The van der Waals surface area contributed by atoms with Crippen molar-refractivity contribution in [2.75, 3.05) is 24.2 Å². The molecule has 2 aromatic carbocycles. The van der Waals surface area contributed by atoms with Crippen LogP contribution >= 0.6 is 11.6 Å². The summed E-state index contributed by atoms with van der Waals surface area (Å²) in [7, 11) is 0. The number of H-pyrrole nitrogens is 1. The number of halogens is 1. The number of carbonyl (C=O) groups excluding carboxylic acids is 1. The van der Waals surface area contributed by atoms with Crippen molar-refractivity contribution < 1.29 is 9.90 Å². The zero-order valence-corrected chi connectivity index (χ0v) is 19.6. The molecule has 35 heavy (non-hydrogen) atoms. The second-order valence-corrected chi connectivity index (χ2v) is 8.20. The van der Waals surface area contributed by atoms with Crippen LogP contribution in [-0.2, 0) is 0 Å². The fourth-order valence-electron chi connectivity index (χ4n) is 3.56. The maximum Gasteiger partial charge on any atom is 0.250 e. The molecule has 4 aromatic rings. The lowest BCUT2D eigenvalue weighted by Gasteiger charge is -2.07. The van der Waals surface area contributed by atoms with E-state index in [0.717, 1.165) is 22.4 Å². The zero-order valence-electron chi connectivity index (χ0n) is 18.9. The number of aliphatic hydroxyl groups is 1. The third-order valence-corrected chi connectivity index (χ3v) is 5.52. The molecule has 0 bridgehead atoms. The van der Waals surface area contributed by atoms with E-state index in [9.17, 15) is 4.79 Å². The molecule has 9 heteroatoms. The van der Waals surface area contributed by atoms with Crippen LogP contribution in [0.1, 0.15) is 27.0 Å². The molecule has 0 spiro atoms. The highest BCUT2D eigenvalue weighted by molar-refractivity contribution is 6.31. The van der Waals surface area contributed by atoms with Gasteiger partial charge < -0.3 is 26.9 Å². The van der Waals surface area contributed by atoms with Crippen LogP contribution in [0.25, 0.3) is 22.6 Å². The Kier molecular flexibility index (Phi) is 7.01. The van der Waals surface area contributed by atoms with Gasteiger partial charge in [0.05, 0.1) is 29.1 Å². The first-order chi connectivity index (χ1) is 16.9. The number of amides is 1. The van der Waals surface area contributed by atoms with E-state index in [1.807, 2.05) is 37.3 Å². The van der Waals surface area contributed by atoms with E-state index in [1.165, 1.54) is 6.20 Å². The fourth-order valence-corrected chi connectivity index (χ4v) is 3.73. The molecule has 0 fully saturated rings. The summed E-state index contributed by atoms with van der Waals surface area (Å²) in [6.07, 6.45) is 1.54. The van der Waals surface area contributed by atoms with E-state index in [-0.39, 0.29) is 12.6 Å². The SMILES string of the molecule is Cc1ccc(Cl)cc1-c1[nH]c(-c2nc(N)ncc2C#Cc2ccc(NCCO)cc2)cc1C(N)=O. The van der Waals surface area contributed by atoms with Crippen molar-refractivity contribution in [3.8, 4) is 34.5 Å². The van der Waals surface area contributed by atoms with Gasteiger partial charge in [-0.05, 0) is 55.0 Å². The molecule has 0 aliphatic heterocycles. The second-order valence-electron chi connectivity index (χ2n) is 7.76. The van der Waals surface area contributed by atoms with E-state index >= 15 is 0 Å². The molecule has 0 saturated carbocycles. The quantitative estimate of drug-likeness (QED) is 0.263. The Morgan fingerprint density at radius 2 is 1.94 bits per heavy atom. The normalized spacial score (nSPS) is 10.5. The van der Waals surface area contributed by atoms with Crippen LogP contribution in [-0.4, -0.2) is 39.1 Å². The highest BCUT2D eigenvalue weighted by Gasteiger charge is 2.19. The molecule has 176 valence electrons. The van der Waals surface area contributed by atoms with Crippen LogP contribution in [0.4, 0.5) is 11.6 Å². The molecule has 0 saturated heterocycles. The summed E-state index contributed by atoms with van der Waals surface area (Å²) in [5.74, 6) is 5.66. The minimum absolute atomic E-state index is 0.0519. The lowest BCUT2D eigenvalue weighted by Crippen LogP contribution is -2.11. The molecule has 0 aliphatic rings. The van der Waals surface area contributed by atoms with Gasteiger partial charge in [-0.3, -0.25) is 4.79 Å². The van der Waals surface area contributed by atoms with Crippen molar-refractivity contribution in [2.24, 2.45) is 5.73 Å². The Morgan fingerprint density at radius 1 is 1.17 bits per heavy atom. The highest BCUT2D eigenvalue weighted by atomic mass is 35.5. The number of hydrogen-bond acceptors (Lipinski definition) is 6. The number of aromatic nitrogens is 3. The number of primary amides is 1. The van der Waals surface area contributed by atoms with Gasteiger partial charge in [0.2, 0.25) is 5.95 Å². The number of rotatable bonds is 6. The molecule has 0 atom stereocenters. The van der Waals surface area contributed by atoms with Crippen LogP contribution in [0.2, 0.25) is 5.02 Å². The largest absolute Gasteiger partial charge is 0.395 e. The molecule has 2 aromatic heterocycles. The third kappa shape index (κ3) is 5.44. The minimum Gasteiger partial charge on any atom is -0.395 e. The lowest BCUT2D eigenvalue weighted by atomic mass is 10.0. The number of nitrogens with one attached hydrogen (secondary N) is 2. The van der Waals surface area contributed by atoms with Crippen LogP contribution in [0, 0.1) is 18.8 Å². The van der Waals surface area contributed by atoms with Crippen LogP contribution in [0.5, 0.6) is 0 Å². The number of nitrogens with two attached hydrogens (primary N) is 2. The number of benzene rings is 2. The number of carbonyl (C=O) groups is 1. The van der Waals surface area contributed by atoms with Crippen molar-refractivity contribution in [1.82, 2.24) is 15.0 Å². The molecular weight excluding hydrogens is 464 g/mol. The zero-order chi connectivity index (χ0) is 24.9. The maximum absolute atomic E-state index is 12.3. The number of hydrogen-bond donors (Lipinski definition) is 5. The first-order valence-electron chi connectivity index (χ1n) is 10.7. The molecule has 0 aliphatic carbocycles. The summed E-state index contributed by atoms with van der Waals surface area (Å²) >= 11 is 6.20. The summed E-state index contributed by atoms with van der Waals surface area (Å²) in [5.41, 5.74) is 17.2. The standard InChI is InChI=1S/C26H23ClN6O2/c1-15-2-7-18(27)12-20(15)24-21(25(28)35)13-22(32-24)23-17(14-31-26(29)33-23)6-3-16-4-8-19(9-5-16)30-10-11-34/h2,4-5,7-9,12-14,30,32,34H,10-11H2,1H3,(H2,28,35)(H2,29,31,33). The fraction of sp³-hybridized carbons (Fsp3) is 0.115. The first kappa shape index (κ1) is 23.8. The molecule has 7 N–H and O–H groups in total. The Bertz CT molecular complexity index is 1450. The van der Waals surface area contributed by atoms with Gasteiger partial charge in [0.15, 0.2) is 0 Å². The Hall–Kier alpha value is -4.32. The molecular formula is C26H23ClN6O2. The number of anilines is 2. The maximum atomic E-state index is 12.3. The highest BCUT2D eigenvalue weighted by Crippen LogP contribution is 2.33. The molecule has 1 amide bonds. The molecule has 8 nitrogen and oxygen atoms in total. The van der Waals surface area contributed by atoms with Crippen molar-refractivity contribution in [2.45, 2.75) is 6.92 Å². The predicted molar refractivity (Wildman–Crippen MR) is 138 cm³/mol. The monoisotopic (exact) mass is 486 g/mol. The van der Waals surface area contributed by atoms with E-state index < -0.39 is 5.91 Å². The predicted octanol–water partition coefficient (Wildman–Crippen LogP) is 3.59. The topological polar surface area (TPSA) is 143 Å². The van der Waals surface area contributed by atoms with Crippen molar-refractivity contribution in [3.05, 3.63) is 82.0 Å². The first-order valence-corrected chi connectivity index (χ1v) is 11.1. The number of nitrogens with zero attached hydrogens (tertiary/aromatic N) is 2. The van der Waals surface area contributed by atoms with Crippen LogP contribution in [0.3, 0.4) is 0 Å². The smallest absolute Gasteiger partial charge is 0.250 e. The van der Waals surface area contributed by atoms with Crippen molar-refractivity contribution in [3.63, 3.8) is 0 Å². The number of nitrogen functional groups attached to an aromatic ring is 1. The average molecular weight is 487 g/mol. The van der Waals surface area contributed by atoms with Gasteiger partial charge in [-0.25, -0.2) is 9.97 Å². The summed E-state index contributed by atoms with van der Waals surface area (Å²) < 4.78 is 0. The van der Waals surface area contributed by atoms with Crippen molar-refractivity contribution >= 4 is 29.1 Å². The van der Waals surface area contributed by atoms with Crippen molar-refractivity contribution in [1.29, 1.82) is 0 Å². The van der Waals surface area contributed by atoms with Gasteiger partial charge in [0.1, 0.15) is 5.69 Å². The third-order valence-electron chi connectivity index (χ3n) is 5.28. The van der Waals surface area contributed by atoms with E-state index in [0.29, 0.717) is 39.8 Å². The number of aliphatic hydroxyl groups excluding tert-OH is 1. The van der Waals surface area contributed by atoms with E-state index in [2.05, 4.69) is 32.1 Å². The Morgan fingerprint density at radius 3 is 2.66 bits per heavy atom. The Balaban J connectivity index is 1.76. The summed E-state index contributed by atoms with van der Waals surface area (Å²) in [4.78, 5) is 24.0. The van der Waals surface area contributed by atoms with Gasteiger partial charge in [0.25, 0.3) is 5.91 Å². The second kappa shape index (κ2) is 10.3. The van der Waals surface area contributed by atoms with Gasteiger partial charge in [-0.15, -0.1) is 0 Å². The van der Waals surface area contributed by atoms with Crippen LogP contribution < -0.4 is 16.8 Å². The summed E-state index contributed by atoms with van der Waals surface area (Å²) in [6.45, 7) is 2.44. The average Bonchev–Trinajstić information content (AvgIpc) is 3.29. The minimum atomic E-state index is -0.591. The van der Waals surface area contributed by atoms with Crippen LogP contribution in [0.15, 0.2) is 54.7 Å². The Labute approximate surface area is 207 Å². The molecule has 0 unspecified atom stereocenters. The summed E-state index contributed by atoms with van der Waals surface area (Å²) in [6, 6.07) is 14.5. The van der Waals surface area contributed by atoms with Gasteiger partial charge in [-0.2, -0.15) is 0 Å². The number of aryl methyl sites for hydroxylation is 1. The molecule has 2 heterocycles. The lowest BCUT2D eigenvalue weighted by molar-refractivity contribution is 0.100. The molecule has 0 radical (unpaired) electrons. The molecule has 4 rings (SSSR count). The van der Waals surface area contributed by atoms with Gasteiger partial charge >= 0.3 is 0 Å². The van der Waals surface area contributed by atoms with Gasteiger partial charge in [0, 0.05) is 34.6 Å². The summed E-state index contributed by atoms with van der Waals surface area (Å²) in [5, 5.41) is 12.6.